The quantitative estimate of drug-likeness (QED) is 0.147. The summed E-state index contributed by atoms with van der Waals surface area (Å²) >= 11 is 3.35. The van der Waals surface area contributed by atoms with E-state index in [9.17, 15) is 22.4 Å². The summed E-state index contributed by atoms with van der Waals surface area (Å²) in [5.74, 6) is -0.874. The molecule has 2 amide bonds. The first-order valence-corrected chi connectivity index (χ1v) is 17.6. The molecule has 0 saturated heterocycles. The number of hydrogen-bond acceptors (Lipinski definition) is 5. The Bertz CT molecular complexity index is 1720. The lowest BCUT2D eigenvalue weighted by atomic mass is 10.0. The molecule has 2 atom stereocenters. The average molecular weight is 725 g/mol. The zero-order chi connectivity index (χ0) is 34.0. The summed E-state index contributed by atoms with van der Waals surface area (Å²) in [6, 6.07) is 26.4. The highest BCUT2D eigenvalue weighted by atomic mass is 79.9. The van der Waals surface area contributed by atoms with Gasteiger partial charge in [-0.3, -0.25) is 13.9 Å². The lowest BCUT2D eigenvalue weighted by Crippen LogP contribution is -2.54. The molecule has 47 heavy (non-hydrogen) atoms. The van der Waals surface area contributed by atoms with E-state index in [0.29, 0.717) is 28.8 Å². The molecule has 8 nitrogen and oxygen atoms in total. The number of carbonyl (C=O) groups is 2. The third-order valence-electron chi connectivity index (χ3n) is 7.65. The highest BCUT2D eigenvalue weighted by Gasteiger charge is 2.35. The van der Waals surface area contributed by atoms with Gasteiger partial charge in [0.1, 0.15) is 24.2 Å². The fourth-order valence-corrected chi connectivity index (χ4v) is 6.60. The second-order valence-corrected chi connectivity index (χ2v) is 13.8. The molecule has 248 valence electrons. The first-order chi connectivity index (χ1) is 22.5. The number of rotatable bonds is 15. The van der Waals surface area contributed by atoms with Crippen molar-refractivity contribution in [3.63, 3.8) is 0 Å². The number of sulfonamides is 1. The summed E-state index contributed by atoms with van der Waals surface area (Å²) in [6.45, 7) is 5.44. The minimum Gasteiger partial charge on any atom is -0.494 e. The van der Waals surface area contributed by atoms with E-state index >= 15 is 0 Å². The highest BCUT2D eigenvalue weighted by molar-refractivity contribution is 9.10. The first-order valence-electron chi connectivity index (χ1n) is 15.4. The van der Waals surface area contributed by atoms with Crippen molar-refractivity contribution >= 4 is 43.5 Å². The van der Waals surface area contributed by atoms with Gasteiger partial charge in [-0.15, -0.1) is 0 Å². The van der Waals surface area contributed by atoms with Crippen LogP contribution in [0.15, 0.2) is 112 Å². The fraction of sp³-hybridized carbons (Fsp3) is 0.278. The van der Waals surface area contributed by atoms with Crippen LogP contribution in [-0.4, -0.2) is 50.4 Å². The van der Waals surface area contributed by atoms with Crippen LogP contribution in [0.2, 0.25) is 0 Å². The standard InChI is InChI=1S/C36H39BrFN3O5S/c1-4-26(3)39-36(43)34(23-27-9-7-6-8-10-27)40(24-28-11-15-30(38)16-12-28)35(42)25-41(31-17-19-32(20-18-31)46-5-2)47(44,45)33-21-13-29(37)14-22-33/h6-22,26,34H,4-5,23-25H2,1-3H3,(H,39,43)/t26-,34-/m0/s1. The van der Waals surface area contributed by atoms with Gasteiger partial charge in [0.15, 0.2) is 0 Å². The number of benzene rings is 4. The van der Waals surface area contributed by atoms with Gasteiger partial charge in [-0.25, -0.2) is 12.8 Å². The molecule has 0 aliphatic heterocycles. The number of ether oxygens (including phenoxy) is 1. The molecule has 0 saturated carbocycles. The Morgan fingerprint density at radius 3 is 2.11 bits per heavy atom. The van der Waals surface area contributed by atoms with Gasteiger partial charge in [0, 0.05) is 23.5 Å². The molecule has 0 bridgehead atoms. The zero-order valence-electron chi connectivity index (χ0n) is 26.6. The smallest absolute Gasteiger partial charge is 0.264 e. The largest absolute Gasteiger partial charge is 0.494 e. The van der Waals surface area contributed by atoms with E-state index in [2.05, 4.69) is 21.2 Å². The Morgan fingerprint density at radius 2 is 1.51 bits per heavy atom. The van der Waals surface area contributed by atoms with Crippen LogP contribution in [0.3, 0.4) is 0 Å². The molecule has 0 unspecified atom stereocenters. The van der Waals surface area contributed by atoms with Gasteiger partial charge in [0.25, 0.3) is 10.0 Å². The molecule has 4 aromatic carbocycles. The summed E-state index contributed by atoms with van der Waals surface area (Å²) in [5.41, 5.74) is 1.65. The van der Waals surface area contributed by atoms with Crippen molar-refractivity contribution in [1.82, 2.24) is 10.2 Å². The van der Waals surface area contributed by atoms with Crippen LogP contribution in [0.1, 0.15) is 38.3 Å². The maximum atomic E-state index is 14.5. The molecule has 0 radical (unpaired) electrons. The van der Waals surface area contributed by atoms with Gasteiger partial charge in [0.05, 0.1) is 17.2 Å². The summed E-state index contributed by atoms with van der Waals surface area (Å²) in [7, 11) is -4.26. The van der Waals surface area contributed by atoms with E-state index in [1.165, 1.54) is 29.2 Å². The van der Waals surface area contributed by atoms with Crippen LogP contribution in [-0.2, 0) is 32.6 Å². The second-order valence-electron chi connectivity index (χ2n) is 11.1. The summed E-state index contributed by atoms with van der Waals surface area (Å²) < 4.78 is 49.5. The average Bonchev–Trinajstić information content (AvgIpc) is 3.07. The fourth-order valence-electron chi connectivity index (χ4n) is 4.92. The van der Waals surface area contributed by atoms with Crippen molar-refractivity contribution in [2.45, 2.75) is 57.1 Å². The number of anilines is 1. The van der Waals surface area contributed by atoms with Crippen molar-refractivity contribution in [3.8, 4) is 5.75 Å². The van der Waals surface area contributed by atoms with Crippen LogP contribution in [0.4, 0.5) is 10.1 Å². The molecule has 0 heterocycles. The van der Waals surface area contributed by atoms with Gasteiger partial charge in [-0.05, 0) is 92.1 Å². The third-order valence-corrected chi connectivity index (χ3v) is 9.97. The van der Waals surface area contributed by atoms with E-state index in [-0.39, 0.29) is 35.5 Å². The zero-order valence-corrected chi connectivity index (χ0v) is 29.0. The number of hydrogen-bond donors (Lipinski definition) is 1. The van der Waals surface area contributed by atoms with Crippen molar-refractivity contribution in [2.24, 2.45) is 0 Å². The number of nitrogens with one attached hydrogen (secondary N) is 1. The van der Waals surface area contributed by atoms with Crippen LogP contribution in [0.25, 0.3) is 0 Å². The van der Waals surface area contributed by atoms with Gasteiger partial charge >= 0.3 is 0 Å². The highest BCUT2D eigenvalue weighted by Crippen LogP contribution is 2.28. The third kappa shape index (κ3) is 9.65. The Hall–Kier alpha value is -4.22. The van der Waals surface area contributed by atoms with Crippen LogP contribution >= 0.6 is 15.9 Å². The molecule has 0 aliphatic carbocycles. The number of carbonyl (C=O) groups excluding carboxylic acids is 2. The molecule has 4 rings (SSSR count). The van der Waals surface area contributed by atoms with E-state index in [1.54, 1.807) is 48.5 Å². The van der Waals surface area contributed by atoms with Gasteiger partial charge in [-0.2, -0.15) is 0 Å². The molecule has 0 spiro atoms. The second kappa shape index (κ2) is 16.6. The van der Waals surface area contributed by atoms with Crippen LogP contribution in [0, 0.1) is 5.82 Å². The van der Waals surface area contributed by atoms with Gasteiger partial charge in [-0.1, -0.05) is 65.3 Å². The topological polar surface area (TPSA) is 96.0 Å². The van der Waals surface area contributed by atoms with E-state index in [4.69, 9.17) is 4.74 Å². The van der Waals surface area contributed by atoms with Crippen molar-refractivity contribution in [3.05, 3.63) is 125 Å². The van der Waals surface area contributed by atoms with Gasteiger partial charge < -0.3 is 15.0 Å². The number of amides is 2. The molecule has 0 fully saturated rings. The Balaban J connectivity index is 1.80. The molecule has 1 N–H and O–H groups in total. The SMILES string of the molecule is CCOc1ccc(N(CC(=O)N(Cc2ccc(F)cc2)[C@@H](Cc2ccccc2)C(=O)N[C@@H](C)CC)S(=O)(=O)c2ccc(Br)cc2)cc1. The number of halogens is 2. The van der Waals surface area contributed by atoms with Crippen molar-refractivity contribution < 1.29 is 27.1 Å². The number of nitrogens with zero attached hydrogens (tertiary/aromatic N) is 2. The van der Waals surface area contributed by atoms with Gasteiger partial charge in [0.2, 0.25) is 11.8 Å². The molecule has 0 aromatic heterocycles. The van der Waals surface area contributed by atoms with E-state index < -0.39 is 34.3 Å². The summed E-state index contributed by atoms with van der Waals surface area (Å²) in [6.07, 6.45) is 0.852. The molecule has 11 heteroatoms. The molecular formula is C36H39BrFN3O5S. The van der Waals surface area contributed by atoms with Crippen LogP contribution < -0.4 is 14.4 Å². The maximum Gasteiger partial charge on any atom is 0.264 e. The van der Waals surface area contributed by atoms with E-state index in [0.717, 1.165) is 9.87 Å². The van der Waals surface area contributed by atoms with Crippen molar-refractivity contribution in [1.29, 1.82) is 0 Å². The summed E-state index contributed by atoms with van der Waals surface area (Å²) in [4.78, 5) is 29.8. The maximum absolute atomic E-state index is 14.5. The van der Waals surface area contributed by atoms with Crippen LogP contribution in [0.5, 0.6) is 5.75 Å². The summed E-state index contributed by atoms with van der Waals surface area (Å²) in [5, 5.41) is 3.00. The Kier molecular flexibility index (Phi) is 12.6. The lowest BCUT2D eigenvalue weighted by Gasteiger charge is -2.34. The molecule has 0 aliphatic rings. The Morgan fingerprint density at radius 1 is 0.872 bits per heavy atom. The minimum atomic E-state index is -4.26. The minimum absolute atomic E-state index is 0.0113. The first kappa shape index (κ1) is 35.6. The normalized spacial score (nSPS) is 12.5. The lowest BCUT2D eigenvalue weighted by molar-refractivity contribution is -0.140. The predicted octanol–water partition coefficient (Wildman–Crippen LogP) is 6.74. The molecule has 4 aromatic rings. The predicted molar refractivity (Wildman–Crippen MR) is 185 cm³/mol. The monoisotopic (exact) mass is 723 g/mol. The van der Waals surface area contributed by atoms with Crippen molar-refractivity contribution in [2.75, 3.05) is 17.5 Å². The Labute approximate surface area is 284 Å². The van der Waals surface area contributed by atoms with E-state index in [1.807, 2.05) is 51.1 Å². The molecular weight excluding hydrogens is 685 g/mol.